The van der Waals surface area contributed by atoms with Crippen LogP contribution in [0.2, 0.25) is 5.02 Å². The molecule has 1 aliphatic rings. The Morgan fingerprint density at radius 3 is 2.06 bits per heavy atom. The van der Waals surface area contributed by atoms with Gasteiger partial charge in [-0.3, -0.25) is 14.5 Å². The first-order valence-electron chi connectivity index (χ1n) is 11.2. The predicted molar refractivity (Wildman–Crippen MR) is 131 cm³/mol. The standard InChI is InChI=1S/C27H26ClN3O3/c1-27(21-12-14-22(28)15-13-21)25(33)31(26(34)30-27)18-24(32)29-17-16-23(19-8-4-2-5-9-19)20-10-6-3-7-11-20/h2-15,23H,16-18H2,1H3,(H,29,32)(H,30,34)/t27-/m0/s1. The minimum atomic E-state index is -1.24. The zero-order valence-corrected chi connectivity index (χ0v) is 19.6. The maximum Gasteiger partial charge on any atom is 0.325 e. The van der Waals surface area contributed by atoms with Crippen LogP contribution in [0.5, 0.6) is 0 Å². The first-order valence-corrected chi connectivity index (χ1v) is 11.5. The Kier molecular flexibility index (Phi) is 6.98. The van der Waals surface area contributed by atoms with Crippen LogP contribution in [-0.2, 0) is 15.1 Å². The molecule has 0 unspecified atom stereocenters. The van der Waals surface area contributed by atoms with Gasteiger partial charge >= 0.3 is 6.03 Å². The fourth-order valence-electron chi connectivity index (χ4n) is 4.27. The minimum absolute atomic E-state index is 0.118. The van der Waals surface area contributed by atoms with Crippen molar-refractivity contribution < 1.29 is 14.4 Å². The van der Waals surface area contributed by atoms with Crippen LogP contribution in [0.15, 0.2) is 84.9 Å². The van der Waals surface area contributed by atoms with E-state index in [9.17, 15) is 14.4 Å². The fourth-order valence-corrected chi connectivity index (χ4v) is 4.40. The van der Waals surface area contributed by atoms with Crippen molar-refractivity contribution in [1.82, 2.24) is 15.5 Å². The zero-order chi connectivity index (χ0) is 24.1. The lowest BCUT2D eigenvalue weighted by molar-refractivity contribution is -0.134. The van der Waals surface area contributed by atoms with E-state index in [4.69, 9.17) is 11.6 Å². The van der Waals surface area contributed by atoms with Crippen molar-refractivity contribution in [2.24, 2.45) is 0 Å². The lowest BCUT2D eigenvalue weighted by atomic mass is 9.88. The van der Waals surface area contributed by atoms with Crippen molar-refractivity contribution >= 4 is 29.4 Å². The minimum Gasteiger partial charge on any atom is -0.355 e. The normalized spacial score (nSPS) is 17.7. The molecule has 0 aliphatic carbocycles. The van der Waals surface area contributed by atoms with Gasteiger partial charge in [-0.1, -0.05) is 84.4 Å². The number of halogens is 1. The number of imide groups is 1. The zero-order valence-electron chi connectivity index (χ0n) is 18.8. The van der Waals surface area contributed by atoms with Crippen LogP contribution in [0.25, 0.3) is 0 Å². The Balaban J connectivity index is 1.38. The molecule has 34 heavy (non-hydrogen) atoms. The smallest absolute Gasteiger partial charge is 0.325 e. The average molecular weight is 476 g/mol. The number of amides is 4. The van der Waals surface area contributed by atoms with E-state index in [1.807, 2.05) is 36.4 Å². The van der Waals surface area contributed by atoms with Gasteiger partial charge < -0.3 is 10.6 Å². The molecule has 3 aromatic rings. The molecular weight excluding hydrogens is 450 g/mol. The fraction of sp³-hybridized carbons (Fsp3) is 0.222. The second-order valence-electron chi connectivity index (χ2n) is 8.47. The van der Waals surface area contributed by atoms with Crippen molar-refractivity contribution in [3.05, 3.63) is 107 Å². The van der Waals surface area contributed by atoms with Gasteiger partial charge in [-0.05, 0) is 42.2 Å². The average Bonchev–Trinajstić information content (AvgIpc) is 3.07. The van der Waals surface area contributed by atoms with Crippen LogP contribution >= 0.6 is 11.6 Å². The van der Waals surface area contributed by atoms with Crippen LogP contribution in [0, 0.1) is 0 Å². The van der Waals surface area contributed by atoms with Gasteiger partial charge in [0, 0.05) is 17.5 Å². The molecular formula is C27H26ClN3O3. The van der Waals surface area contributed by atoms with Gasteiger partial charge in [0.05, 0.1) is 0 Å². The van der Waals surface area contributed by atoms with Crippen LogP contribution in [0.3, 0.4) is 0 Å². The van der Waals surface area contributed by atoms with Gasteiger partial charge in [0.25, 0.3) is 5.91 Å². The third kappa shape index (κ3) is 4.97. The summed E-state index contributed by atoms with van der Waals surface area (Å²) in [5.74, 6) is -0.738. The highest BCUT2D eigenvalue weighted by molar-refractivity contribution is 6.30. The lowest BCUT2D eigenvalue weighted by Gasteiger charge is -2.22. The summed E-state index contributed by atoms with van der Waals surface area (Å²) in [7, 11) is 0. The molecule has 0 bridgehead atoms. The highest BCUT2D eigenvalue weighted by Crippen LogP contribution is 2.30. The van der Waals surface area contributed by atoms with Crippen LogP contribution < -0.4 is 10.6 Å². The van der Waals surface area contributed by atoms with Crippen molar-refractivity contribution in [2.75, 3.05) is 13.1 Å². The molecule has 174 valence electrons. The molecule has 7 heteroatoms. The first kappa shape index (κ1) is 23.5. The molecule has 3 aromatic carbocycles. The van der Waals surface area contributed by atoms with Crippen molar-refractivity contribution in [3.63, 3.8) is 0 Å². The summed E-state index contributed by atoms with van der Waals surface area (Å²) >= 11 is 5.94. The van der Waals surface area contributed by atoms with E-state index < -0.39 is 17.5 Å². The topological polar surface area (TPSA) is 78.5 Å². The van der Waals surface area contributed by atoms with Crippen LogP contribution in [0.4, 0.5) is 4.79 Å². The number of hydrogen-bond acceptors (Lipinski definition) is 3. The van der Waals surface area contributed by atoms with Crippen LogP contribution in [-0.4, -0.2) is 35.8 Å². The van der Waals surface area contributed by atoms with Crippen molar-refractivity contribution in [3.8, 4) is 0 Å². The van der Waals surface area contributed by atoms with E-state index in [-0.39, 0.29) is 18.4 Å². The second-order valence-corrected chi connectivity index (χ2v) is 8.90. The molecule has 1 saturated heterocycles. The Morgan fingerprint density at radius 2 is 1.50 bits per heavy atom. The summed E-state index contributed by atoms with van der Waals surface area (Å²) in [5.41, 5.74) is 1.69. The maximum absolute atomic E-state index is 13.0. The van der Waals surface area contributed by atoms with Crippen LogP contribution in [0.1, 0.15) is 36.0 Å². The lowest BCUT2D eigenvalue weighted by Crippen LogP contribution is -2.43. The number of urea groups is 1. The van der Waals surface area contributed by atoms with E-state index in [1.165, 1.54) is 0 Å². The molecule has 4 rings (SSSR count). The molecule has 1 aliphatic heterocycles. The van der Waals surface area contributed by atoms with E-state index >= 15 is 0 Å². The van der Waals surface area contributed by atoms with Crippen molar-refractivity contribution in [1.29, 1.82) is 0 Å². The molecule has 1 fully saturated rings. The number of carbonyl (C=O) groups is 3. The molecule has 1 atom stereocenters. The SMILES string of the molecule is C[C@@]1(c2ccc(Cl)cc2)NC(=O)N(CC(=O)NCCC(c2ccccc2)c2ccccc2)C1=O. The molecule has 0 radical (unpaired) electrons. The Morgan fingerprint density at radius 1 is 0.941 bits per heavy atom. The number of nitrogens with zero attached hydrogens (tertiary/aromatic N) is 1. The summed E-state index contributed by atoms with van der Waals surface area (Å²) in [6, 6.07) is 26.4. The number of hydrogen-bond donors (Lipinski definition) is 2. The molecule has 0 saturated carbocycles. The molecule has 0 spiro atoms. The van der Waals surface area contributed by atoms with Gasteiger partial charge in [-0.25, -0.2) is 4.79 Å². The molecule has 2 N–H and O–H groups in total. The molecule has 0 aromatic heterocycles. The van der Waals surface area contributed by atoms with Gasteiger partial charge in [-0.15, -0.1) is 0 Å². The van der Waals surface area contributed by atoms with Gasteiger partial charge in [0.1, 0.15) is 12.1 Å². The van der Waals surface area contributed by atoms with E-state index in [0.717, 1.165) is 16.0 Å². The van der Waals surface area contributed by atoms with E-state index in [1.54, 1.807) is 31.2 Å². The van der Waals surface area contributed by atoms with Gasteiger partial charge in [-0.2, -0.15) is 0 Å². The van der Waals surface area contributed by atoms with Gasteiger partial charge in [0.15, 0.2) is 0 Å². The summed E-state index contributed by atoms with van der Waals surface area (Å²) in [6.45, 7) is 1.69. The highest BCUT2D eigenvalue weighted by Gasteiger charge is 2.49. The first-order chi connectivity index (χ1) is 16.4. The number of nitrogens with one attached hydrogen (secondary N) is 2. The third-order valence-corrected chi connectivity index (χ3v) is 6.41. The monoisotopic (exact) mass is 475 g/mol. The largest absolute Gasteiger partial charge is 0.355 e. The Bertz CT molecular complexity index is 1130. The number of benzene rings is 3. The third-order valence-electron chi connectivity index (χ3n) is 6.16. The summed E-state index contributed by atoms with van der Waals surface area (Å²) in [4.78, 5) is 39.1. The summed E-state index contributed by atoms with van der Waals surface area (Å²) < 4.78 is 0. The maximum atomic E-state index is 13.0. The Hall–Kier alpha value is -3.64. The molecule has 6 nitrogen and oxygen atoms in total. The second kappa shape index (κ2) is 10.1. The number of carbonyl (C=O) groups excluding carboxylic acids is 3. The quantitative estimate of drug-likeness (QED) is 0.472. The molecule has 1 heterocycles. The predicted octanol–water partition coefficient (Wildman–Crippen LogP) is 4.45. The Labute approximate surface area is 203 Å². The number of rotatable bonds is 8. The summed E-state index contributed by atoms with van der Waals surface area (Å²) in [6.07, 6.45) is 0.683. The van der Waals surface area contributed by atoms with E-state index in [0.29, 0.717) is 23.6 Å². The van der Waals surface area contributed by atoms with Gasteiger partial charge in [0.2, 0.25) is 5.91 Å². The highest BCUT2D eigenvalue weighted by atomic mass is 35.5. The molecule has 4 amide bonds. The van der Waals surface area contributed by atoms with Crippen molar-refractivity contribution in [2.45, 2.75) is 24.8 Å². The summed E-state index contributed by atoms with van der Waals surface area (Å²) in [5, 5.41) is 6.10. The van der Waals surface area contributed by atoms with E-state index in [2.05, 4.69) is 34.9 Å².